The SMILES string of the molecule is CCO[SiH](CCCCCCCCCCCC[SiH](OCC)OCC)OCC. The van der Waals surface area contributed by atoms with Crippen LogP contribution in [0.4, 0.5) is 0 Å². The molecule has 0 aromatic carbocycles. The number of rotatable bonds is 21. The highest BCUT2D eigenvalue weighted by Crippen LogP contribution is 2.14. The van der Waals surface area contributed by atoms with Crippen molar-refractivity contribution in [1.82, 2.24) is 0 Å². The Morgan fingerprint density at radius 1 is 0.385 bits per heavy atom. The van der Waals surface area contributed by atoms with Crippen LogP contribution in [-0.4, -0.2) is 45.0 Å². The van der Waals surface area contributed by atoms with E-state index in [0.29, 0.717) is 0 Å². The molecule has 0 aliphatic heterocycles. The van der Waals surface area contributed by atoms with Gasteiger partial charge in [-0.3, -0.25) is 0 Å². The van der Waals surface area contributed by atoms with E-state index in [1.807, 2.05) is 0 Å². The fraction of sp³-hybridized carbons (Fsp3) is 1.00. The molecule has 4 nitrogen and oxygen atoms in total. The summed E-state index contributed by atoms with van der Waals surface area (Å²) in [5.74, 6) is 0. The molecule has 0 unspecified atom stereocenters. The van der Waals surface area contributed by atoms with Crippen LogP contribution in [0.5, 0.6) is 0 Å². The standard InChI is InChI=1S/C20H46O4Si2/c1-5-21-25(22-6-2)19-17-15-13-11-9-10-12-14-16-18-20-26(23-7-3)24-8-4/h25-26H,5-20H2,1-4H3. The molecule has 0 aliphatic rings. The number of unbranched alkanes of at least 4 members (excludes halogenated alkanes) is 9. The number of hydrogen-bond acceptors (Lipinski definition) is 4. The molecule has 0 heterocycles. The van der Waals surface area contributed by atoms with Crippen molar-refractivity contribution >= 4 is 18.6 Å². The van der Waals surface area contributed by atoms with E-state index in [1.54, 1.807) is 0 Å². The van der Waals surface area contributed by atoms with Gasteiger partial charge in [0.25, 0.3) is 0 Å². The quantitative estimate of drug-likeness (QED) is 0.187. The summed E-state index contributed by atoms with van der Waals surface area (Å²) in [5, 5.41) is 0. The van der Waals surface area contributed by atoms with E-state index in [1.165, 1.54) is 76.3 Å². The largest absolute Gasteiger partial charge is 0.397 e. The Labute approximate surface area is 167 Å². The summed E-state index contributed by atoms with van der Waals surface area (Å²) in [4.78, 5) is 0. The summed E-state index contributed by atoms with van der Waals surface area (Å²) in [7, 11) is -2.69. The third-order valence-corrected chi connectivity index (χ3v) is 9.12. The highest BCUT2D eigenvalue weighted by atomic mass is 28.3. The summed E-state index contributed by atoms with van der Waals surface area (Å²) in [6.07, 6.45) is 13.5. The molecule has 0 saturated carbocycles. The first-order valence-electron chi connectivity index (χ1n) is 11.2. The van der Waals surface area contributed by atoms with Gasteiger partial charge in [0, 0.05) is 26.4 Å². The van der Waals surface area contributed by atoms with Gasteiger partial charge >= 0.3 is 18.6 Å². The molecule has 0 bridgehead atoms. The van der Waals surface area contributed by atoms with Gasteiger partial charge < -0.3 is 17.7 Å². The molecule has 158 valence electrons. The van der Waals surface area contributed by atoms with Gasteiger partial charge in [0.15, 0.2) is 0 Å². The van der Waals surface area contributed by atoms with Crippen molar-refractivity contribution in [2.24, 2.45) is 0 Å². The molecule has 0 radical (unpaired) electrons. The van der Waals surface area contributed by atoms with E-state index in [9.17, 15) is 0 Å². The summed E-state index contributed by atoms with van der Waals surface area (Å²) >= 11 is 0. The Kier molecular flexibility index (Phi) is 21.8. The average Bonchev–Trinajstić information content (AvgIpc) is 2.63. The van der Waals surface area contributed by atoms with Crippen LogP contribution in [0, 0.1) is 0 Å². The van der Waals surface area contributed by atoms with Crippen LogP contribution in [0.15, 0.2) is 0 Å². The van der Waals surface area contributed by atoms with Gasteiger partial charge in [0.1, 0.15) is 0 Å². The van der Waals surface area contributed by atoms with Crippen LogP contribution in [0.3, 0.4) is 0 Å². The Balaban J connectivity index is 3.33. The zero-order valence-electron chi connectivity index (χ0n) is 18.1. The topological polar surface area (TPSA) is 36.9 Å². The first-order chi connectivity index (χ1) is 12.8. The zero-order valence-corrected chi connectivity index (χ0v) is 20.4. The molecule has 0 saturated heterocycles. The summed E-state index contributed by atoms with van der Waals surface area (Å²) < 4.78 is 22.9. The zero-order chi connectivity index (χ0) is 19.3. The highest BCUT2D eigenvalue weighted by Gasteiger charge is 2.11. The maximum absolute atomic E-state index is 5.72. The minimum absolute atomic E-state index is 0.803. The van der Waals surface area contributed by atoms with E-state index in [2.05, 4.69) is 27.7 Å². The summed E-state index contributed by atoms with van der Waals surface area (Å²) in [5.41, 5.74) is 0. The van der Waals surface area contributed by atoms with Gasteiger partial charge in [-0.1, -0.05) is 64.2 Å². The molecule has 0 aromatic heterocycles. The van der Waals surface area contributed by atoms with Crippen LogP contribution < -0.4 is 0 Å². The normalized spacial score (nSPS) is 11.8. The molecular weight excluding hydrogens is 360 g/mol. The second-order valence-corrected chi connectivity index (χ2v) is 11.0. The van der Waals surface area contributed by atoms with Crippen molar-refractivity contribution in [2.75, 3.05) is 26.4 Å². The third kappa shape index (κ3) is 17.7. The van der Waals surface area contributed by atoms with Crippen molar-refractivity contribution in [3.05, 3.63) is 0 Å². The van der Waals surface area contributed by atoms with E-state index in [4.69, 9.17) is 17.7 Å². The van der Waals surface area contributed by atoms with Gasteiger partial charge in [-0.2, -0.15) is 0 Å². The van der Waals surface area contributed by atoms with Gasteiger partial charge in [-0.15, -0.1) is 0 Å². The molecule has 0 spiro atoms. The van der Waals surface area contributed by atoms with Crippen molar-refractivity contribution < 1.29 is 17.7 Å². The minimum atomic E-state index is -1.35. The lowest BCUT2D eigenvalue weighted by Gasteiger charge is -2.14. The second kappa shape index (κ2) is 21.6. The van der Waals surface area contributed by atoms with Crippen LogP contribution in [0.2, 0.25) is 12.1 Å². The lowest BCUT2D eigenvalue weighted by atomic mass is 10.1. The Bertz CT molecular complexity index is 232. The van der Waals surface area contributed by atoms with Crippen LogP contribution in [0.1, 0.15) is 91.9 Å². The lowest BCUT2D eigenvalue weighted by Crippen LogP contribution is -2.22. The van der Waals surface area contributed by atoms with Crippen molar-refractivity contribution in [3.63, 3.8) is 0 Å². The molecule has 0 N–H and O–H groups in total. The Morgan fingerprint density at radius 2 is 0.615 bits per heavy atom. The minimum Gasteiger partial charge on any atom is -0.397 e. The molecule has 0 fully saturated rings. The monoisotopic (exact) mass is 406 g/mol. The maximum atomic E-state index is 5.72. The smallest absolute Gasteiger partial charge is 0.321 e. The molecule has 0 atom stereocenters. The predicted octanol–water partition coefficient (Wildman–Crippen LogP) is 5.47. The summed E-state index contributed by atoms with van der Waals surface area (Å²) in [6.45, 7) is 11.5. The van der Waals surface area contributed by atoms with Gasteiger partial charge in [0.05, 0.1) is 0 Å². The maximum Gasteiger partial charge on any atom is 0.321 e. The first-order valence-corrected chi connectivity index (χ1v) is 14.8. The van der Waals surface area contributed by atoms with Crippen molar-refractivity contribution in [2.45, 2.75) is 104 Å². The van der Waals surface area contributed by atoms with E-state index >= 15 is 0 Å². The van der Waals surface area contributed by atoms with E-state index < -0.39 is 18.6 Å². The van der Waals surface area contributed by atoms with E-state index in [-0.39, 0.29) is 0 Å². The van der Waals surface area contributed by atoms with Crippen LogP contribution in [-0.2, 0) is 17.7 Å². The highest BCUT2D eigenvalue weighted by molar-refractivity contribution is 6.44. The molecule has 0 aliphatic carbocycles. The van der Waals surface area contributed by atoms with Gasteiger partial charge in [0.2, 0.25) is 0 Å². The van der Waals surface area contributed by atoms with Gasteiger partial charge in [-0.05, 0) is 39.8 Å². The average molecular weight is 407 g/mol. The lowest BCUT2D eigenvalue weighted by molar-refractivity contribution is 0.212. The molecule has 0 aromatic rings. The molecule has 6 heteroatoms. The Hall–Kier alpha value is 0.274. The fourth-order valence-electron chi connectivity index (χ4n) is 3.21. The van der Waals surface area contributed by atoms with Gasteiger partial charge in [-0.25, -0.2) is 0 Å². The van der Waals surface area contributed by atoms with Crippen molar-refractivity contribution in [1.29, 1.82) is 0 Å². The molecular formula is C20H46O4Si2. The third-order valence-electron chi connectivity index (χ3n) is 4.54. The Morgan fingerprint density at radius 3 is 0.846 bits per heavy atom. The molecule has 0 amide bonds. The van der Waals surface area contributed by atoms with Crippen LogP contribution in [0.25, 0.3) is 0 Å². The molecule has 26 heavy (non-hydrogen) atoms. The first kappa shape index (κ1) is 26.3. The predicted molar refractivity (Wildman–Crippen MR) is 117 cm³/mol. The van der Waals surface area contributed by atoms with E-state index in [0.717, 1.165) is 26.4 Å². The number of hydrogen-bond donors (Lipinski definition) is 0. The fourth-order valence-corrected chi connectivity index (χ4v) is 6.80. The second-order valence-electron chi connectivity index (χ2n) is 6.79. The van der Waals surface area contributed by atoms with Crippen LogP contribution >= 0.6 is 0 Å². The van der Waals surface area contributed by atoms with Crippen molar-refractivity contribution in [3.8, 4) is 0 Å². The summed E-state index contributed by atoms with van der Waals surface area (Å²) in [6, 6.07) is 2.35. The molecule has 0 rings (SSSR count).